The van der Waals surface area contributed by atoms with Crippen molar-refractivity contribution in [2.45, 2.75) is 99.4 Å². The molecule has 19 heteroatoms. The maximum absolute atomic E-state index is 12.9. The lowest BCUT2D eigenvalue weighted by Crippen LogP contribution is -2.66. The molecule has 3 fully saturated rings. The van der Waals surface area contributed by atoms with E-state index in [-0.39, 0.29) is 36.0 Å². The van der Waals surface area contributed by atoms with E-state index in [0.29, 0.717) is 11.1 Å². The number of carbonyl (C=O) groups is 1. The molecule has 306 valence electrons. The third-order valence-corrected chi connectivity index (χ3v) is 9.38. The molecule has 2 aromatic rings. The normalized spacial score (nSPS) is 35.4. The lowest BCUT2D eigenvalue weighted by molar-refractivity contribution is -0.380. The summed E-state index contributed by atoms with van der Waals surface area (Å²) in [6, 6.07) is 9.02. The second-order valence-corrected chi connectivity index (χ2v) is 13.2. The van der Waals surface area contributed by atoms with E-state index < -0.39 is 105 Å². The van der Waals surface area contributed by atoms with Gasteiger partial charge in [-0.1, -0.05) is 12.1 Å². The molecule has 14 unspecified atom stereocenters. The van der Waals surface area contributed by atoms with Gasteiger partial charge >= 0.3 is 5.97 Å². The van der Waals surface area contributed by atoms with Crippen molar-refractivity contribution in [3.63, 3.8) is 0 Å². The van der Waals surface area contributed by atoms with E-state index in [1.165, 1.54) is 51.5 Å². The molecular weight excluding hydrogens is 736 g/mol. The van der Waals surface area contributed by atoms with Crippen molar-refractivity contribution in [1.82, 2.24) is 0 Å². The Hall–Kier alpha value is -3.67. The molecule has 3 aliphatic rings. The maximum atomic E-state index is 12.9. The molecule has 3 heterocycles. The van der Waals surface area contributed by atoms with Gasteiger partial charge in [0.15, 0.2) is 41.9 Å². The Balaban J connectivity index is 1.41. The van der Waals surface area contributed by atoms with Crippen molar-refractivity contribution in [3.05, 3.63) is 53.6 Å². The van der Waals surface area contributed by atoms with Gasteiger partial charge in [-0.2, -0.15) is 0 Å². The monoisotopic (exact) mass is 784 g/mol. The minimum atomic E-state index is -1.83. The molecule has 55 heavy (non-hydrogen) atoms. The third-order valence-electron chi connectivity index (χ3n) is 9.38. The molecule has 0 amide bonds. The Morgan fingerprint density at radius 2 is 1.42 bits per heavy atom. The van der Waals surface area contributed by atoms with E-state index in [1.807, 2.05) is 0 Å². The zero-order valence-electron chi connectivity index (χ0n) is 30.1. The summed E-state index contributed by atoms with van der Waals surface area (Å²) in [5.74, 6) is -0.674. The van der Waals surface area contributed by atoms with Crippen LogP contribution in [0.25, 0.3) is 6.08 Å². The molecular formula is C36H48O19. The Labute approximate surface area is 315 Å². The number of rotatable bonds is 14. The summed E-state index contributed by atoms with van der Waals surface area (Å²) in [5.41, 5.74) is 1.16. The second kappa shape index (κ2) is 19.0. The van der Waals surface area contributed by atoms with Crippen LogP contribution in [0.2, 0.25) is 0 Å². The Morgan fingerprint density at radius 3 is 2.13 bits per heavy atom. The number of ether oxygens (including phenoxy) is 9. The van der Waals surface area contributed by atoms with Crippen LogP contribution in [0.1, 0.15) is 18.1 Å². The summed E-state index contributed by atoms with van der Waals surface area (Å²) >= 11 is 0. The molecule has 0 aromatic heterocycles. The fraction of sp³-hybridized carbons (Fsp3) is 0.583. The zero-order chi connectivity index (χ0) is 40.0. The molecule has 5 rings (SSSR count). The molecule has 2 aromatic carbocycles. The van der Waals surface area contributed by atoms with Gasteiger partial charge in [-0.15, -0.1) is 0 Å². The van der Waals surface area contributed by atoms with Crippen LogP contribution in [0.5, 0.6) is 23.0 Å². The molecule has 0 bridgehead atoms. The highest BCUT2D eigenvalue weighted by Gasteiger charge is 2.53. The first kappa shape index (κ1) is 42.5. The number of benzene rings is 2. The van der Waals surface area contributed by atoms with Crippen molar-refractivity contribution >= 4 is 12.0 Å². The van der Waals surface area contributed by atoms with E-state index >= 15 is 0 Å². The van der Waals surface area contributed by atoms with Crippen LogP contribution < -0.4 is 9.47 Å². The minimum Gasteiger partial charge on any atom is -0.504 e. The second-order valence-electron chi connectivity index (χ2n) is 13.2. The van der Waals surface area contributed by atoms with Crippen LogP contribution in [0, 0.1) is 0 Å². The van der Waals surface area contributed by atoms with Gasteiger partial charge in [-0.3, -0.25) is 0 Å². The molecule has 14 atom stereocenters. The molecule has 0 saturated carbocycles. The predicted molar refractivity (Wildman–Crippen MR) is 183 cm³/mol. The average Bonchev–Trinajstić information content (AvgIpc) is 3.17. The Bertz CT molecular complexity index is 1590. The predicted octanol–water partition coefficient (Wildman–Crippen LogP) is -1.95. The van der Waals surface area contributed by atoms with E-state index in [1.54, 1.807) is 12.1 Å². The largest absolute Gasteiger partial charge is 0.504 e. The summed E-state index contributed by atoms with van der Waals surface area (Å²) in [6.07, 6.45) is -19.6. The average molecular weight is 785 g/mol. The van der Waals surface area contributed by atoms with Gasteiger partial charge < -0.3 is 88.6 Å². The van der Waals surface area contributed by atoms with E-state index in [9.17, 15) is 50.8 Å². The lowest BCUT2D eigenvalue weighted by atomic mass is 9.96. The Kier molecular flexibility index (Phi) is 14.7. The van der Waals surface area contributed by atoms with Crippen LogP contribution in [-0.4, -0.2) is 172 Å². The van der Waals surface area contributed by atoms with Crippen LogP contribution in [-0.2, 0) is 44.4 Å². The maximum Gasteiger partial charge on any atom is 0.330 e. The number of hydrogen-bond acceptors (Lipinski definition) is 19. The number of aliphatic hydroxyl groups is 7. The van der Waals surface area contributed by atoms with E-state index in [0.717, 1.165) is 6.08 Å². The summed E-state index contributed by atoms with van der Waals surface area (Å²) < 4.78 is 50.9. The van der Waals surface area contributed by atoms with Gasteiger partial charge in [0.05, 0.1) is 33.5 Å². The summed E-state index contributed by atoms with van der Waals surface area (Å²) in [7, 11) is 2.75. The number of aliphatic hydroxyl groups excluding tert-OH is 7. The number of phenolic OH excluding ortho intramolecular Hbond substituents is 2. The van der Waals surface area contributed by atoms with Gasteiger partial charge in [-0.05, 0) is 54.8 Å². The topological polar surface area (TPSA) is 282 Å². The van der Waals surface area contributed by atoms with Crippen LogP contribution in [0.4, 0.5) is 0 Å². The summed E-state index contributed by atoms with van der Waals surface area (Å²) in [5, 5.41) is 94.1. The summed E-state index contributed by atoms with van der Waals surface area (Å²) in [4.78, 5) is 12.9. The highest BCUT2D eigenvalue weighted by atomic mass is 16.8. The number of methoxy groups -OCH3 is 2. The van der Waals surface area contributed by atoms with Crippen molar-refractivity contribution in [3.8, 4) is 23.0 Å². The van der Waals surface area contributed by atoms with Gasteiger partial charge in [0.1, 0.15) is 67.6 Å². The molecule has 0 aliphatic carbocycles. The van der Waals surface area contributed by atoms with Crippen molar-refractivity contribution in [2.24, 2.45) is 0 Å². The fourth-order valence-electron chi connectivity index (χ4n) is 6.17. The minimum absolute atomic E-state index is 0.0765. The van der Waals surface area contributed by atoms with Gasteiger partial charge in [-0.25, -0.2) is 4.79 Å². The van der Waals surface area contributed by atoms with Gasteiger partial charge in [0.25, 0.3) is 0 Å². The molecule has 0 radical (unpaired) electrons. The van der Waals surface area contributed by atoms with Gasteiger partial charge in [0, 0.05) is 6.08 Å². The first-order valence-corrected chi connectivity index (χ1v) is 17.4. The molecule has 3 aliphatic heterocycles. The molecule has 9 N–H and O–H groups in total. The van der Waals surface area contributed by atoms with Crippen LogP contribution in [0.15, 0.2) is 42.5 Å². The highest BCUT2D eigenvalue weighted by Crippen LogP contribution is 2.34. The number of phenols is 2. The first-order valence-electron chi connectivity index (χ1n) is 17.4. The van der Waals surface area contributed by atoms with E-state index in [4.69, 9.17) is 42.6 Å². The quantitative estimate of drug-likeness (QED) is 0.0744. The molecule has 19 nitrogen and oxygen atoms in total. The smallest absolute Gasteiger partial charge is 0.330 e. The summed E-state index contributed by atoms with van der Waals surface area (Å²) in [6.45, 7) is 0.265. The Morgan fingerprint density at radius 1 is 0.764 bits per heavy atom. The lowest BCUT2D eigenvalue weighted by Gasteiger charge is -2.48. The first-order chi connectivity index (χ1) is 26.2. The number of aromatic hydroxyl groups is 2. The SMILES string of the molecule is COc1cc(C=CC(=O)OCC2OC(OCCc3ccc(O)c(OC)c3)C(O)C(OC3OC(C)C(O)C(O)C3O)C2OC2OCC(O)C(O)C2O)ccc1O. The van der Waals surface area contributed by atoms with Gasteiger partial charge in [0.2, 0.25) is 0 Å². The third kappa shape index (κ3) is 10.2. The van der Waals surface area contributed by atoms with Crippen molar-refractivity contribution in [2.75, 3.05) is 34.0 Å². The van der Waals surface area contributed by atoms with Crippen LogP contribution >= 0.6 is 0 Å². The van der Waals surface area contributed by atoms with Crippen LogP contribution in [0.3, 0.4) is 0 Å². The van der Waals surface area contributed by atoms with E-state index in [2.05, 4.69) is 0 Å². The number of esters is 1. The highest BCUT2D eigenvalue weighted by molar-refractivity contribution is 5.87. The molecule has 3 saturated heterocycles. The standard InChI is InChI=1S/C36H48O19/c1-16-26(41)28(43)30(45)36(52-16)55-33-31(46)35(49-11-10-18-5-8-20(38)23(13-18)48-3)53-24(32(33)54-34-29(44)27(42)21(39)14-51-34)15-50-25(40)9-6-17-4-7-19(37)22(12-17)47-2/h4-9,12-13,16,21,24,26-39,41-46H,10-11,14-15H2,1-3H3. The fourth-order valence-corrected chi connectivity index (χ4v) is 6.17. The van der Waals surface area contributed by atoms with Crippen molar-refractivity contribution in [1.29, 1.82) is 0 Å². The molecule has 0 spiro atoms. The van der Waals surface area contributed by atoms with Crippen molar-refractivity contribution < 1.29 is 93.4 Å². The number of hydrogen-bond donors (Lipinski definition) is 9. The number of carbonyl (C=O) groups excluding carboxylic acids is 1. The zero-order valence-corrected chi connectivity index (χ0v) is 30.1.